The van der Waals surface area contributed by atoms with Crippen LogP contribution in [0.3, 0.4) is 0 Å². The molecule has 3 N–H and O–H groups in total. The predicted molar refractivity (Wildman–Crippen MR) is 121 cm³/mol. The third-order valence-corrected chi connectivity index (χ3v) is 6.39. The maximum absolute atomic E-state index is 13.6. The number of halogens is 5. The predicted octanol–water partition coefficient (Wildman–Crippen LogP) is 4.76. The highest BCUT2D eigenvalue weighted by Crippen LogP contribution is 2.45. The summed E-state index contributed by atoms with van der Waals surface area (Å²) in [5.41, 5.74) is 6.56. The zero-order valence-corrected chi connectivity index (χ0v) is 18.8. The number of alkyl halides is 5. The minimum atomic E-state index is -5.66. The highest BCUT2D eigenvalue weighted by molar-refractivity contribution is 6.09. The van der Waals surface area contributed by atoms with Gasteiger partial charge in [-0.3, -0.25) is 9.20 Å². The molecule has 1 aromatic carbocycles. The highest BCUT2D eigenvalue weighted by atomic mass is 19.4. The average Bonchev–Trinajstić information content (AvgIpc) is 3.33. The molecule has 0 aliphatic carbocycles. The molecule has 0 spiro atoms. The molecule has 1 aliphatic rings. The molecule has 5 rings (SSSR count). The number of nitrogen functional groups attached to an aromatic ring is 1. The summed E-state index contributed by atoms with van der Waals surface area (Å²) in [6, 6.07) is 13.8. The van der Waals surface area contributed by atoms with Crippen LogP contribution in [0.15, 0.2) is 54.7 Å². The Morgan fingerprint density at radius 2 is 1.69 bits per heavy atom. The number of nitrogens with zero attached hydrogens (tertiary/aromatic N) is 4. The molecule has 186 valence electrons. The molecule has 4 heterocycles. The van der Waals surface area contributed by atoms with Crippen molar-refractivity contribution in [3.8, 4) is 11.6 Å². The summed E-state index contributed by atoms with van der Waals surface area (Å²) in [5.74, 6) is -4.96. The van der Waals surface area contributed by atoms with E-state index in [0.29, 0.717) is 16.6 Å². The van der Waals surface area contributed by atoms with Gasteiger partial charge in [0.05, 0.1) is 16.8 Å². The van der Waals surface area contributed by atoms with Crippen LogP contribution in [-0.4, -0.2) is 37.4 Å². The second kappa shape index (κ2) is 7.97. The van der Waals surface area contributed by atoms with Crippen molar-refractivity contribution in [3.05, 3.63) is 71.5 Å². The number of imidazole rings is 1. The van der Waals surface area contributed by atoms with Crippen molar-refractivity contribution < 1.29 is 26.7 Å². The zero-order chi connectivity index (χ0) is 25.9. The van der Waals surface area contributed by atoms with E-state index in [9.17, 15) is 26.7 Å². The summed E-state index contributed by atoms with van der Waals surface area (Å²) in [6.45, 7) is 1.70. The molecule has 0 saturated carbocycles. The van der Waals surface area contributed by atoms with Crippen molar-refractivity contribution in [2.24, 2.45) is 0 Å². The number of fused-ring (bicyclic) bond motifs is 2. The first-order chi connectivity index (χ1) is 16.9. The Balaban J connectivity index is 1.58. The lowest BCUT2D eigenvalue weighted by Gasteiger charge is -2.23. The van der Waals surface area contributed by atoms with Crippen LogP contribution >= 0.6 is 0 Å². The normalized spacial score (nSPS) is 17.9. The topological polar surface area (TPSA) is 98.2 Å². The third-order valence-electron chi connectivity index (χ3n) is 6.39. The fourth-order valence-electron chi connectivity index (χ4n) is 4.42. The van der Waals surface area contributed by atoms with Crippen LogP contribution in [-0.2, 0) is 16.6 Å². The van der Waals surface area contributed by atoms with Gasteiger partial charge in [-0.1, -0.05) is 36.4 Å². The first-order valence-corrected chi connectivity index (χ1v) is 10.9. The Labute approximate surface area is 201 Å². The zero-order valence-electron chi connectivity index (χ0n) is 18.8. The first kappa shape index (κ1) is 23.6. The monoisotopic (exact) mass is 502 g/mol. The van der Waals surface area contributed by atoms with Gasteiger partial charge in [-0.2, -0.15) is 22.0 Å². The Bertz CT molecular complexity index is 1480. The van der Waals surface area contributed by atoms with Crippen molar-refractivity contribution in [2.45, 2.75) is 37.3 Å². The minimum Gasteiger partial charge on any atom is -0.383 e. The maximum Gasteiger partial charge on any atom is 0.453 e. The number of nitrogens with two attached hydrogens (primary N) is 1. The standard InChI is InChI=1S/C24H19F5N6O/c1-22(13-7-3-2-4-8-13)16-17(30)32-19(33-18(16)34-21(22)36)20-31-14(15-9-5-6-12-35(15)20)10-11-23(25,26)24(27,28)29/h2-9,12H,10-11H2,1H3,(H3,30,32,33,34,36). The van der Waals surface area contributed by atoms with E-state index in [1.165, 1.54) is 4.40 Å². The van der Waals surface area contributed by atoms with Crippen molar-refractivity contribution in [2.75, 3.05) is 11.1 Å². The largest absolute Gasteiger partial charge is 0.453 e. The lowest BCUT2D eigenvalue weighted by atomic mass is 9.78. The number of hydrogen-bond donors (Lipinski definition) is 2. The number of aromatic nitrogens is 4. The molecule has 3 aromatic heterocycles. The van der Waals surface area contributed by atoms with E-state index in [1.807, 2.05) is 6.07 Å². The maximum atomic E-state index is 13.6. The average molecular weight is 502 g/mol. The van der Waals surface area contributed by atoms with Gasteiger partial charge in [-0.05, 0) is 31.0 Å². The molecule has 1 unspecified atom stereocenters. The molecule has 1 aliphatic heterocycles. The molecule has 0 fully saturated rings. The Hall–Kier alpha value is -4.09. The van der Waals surface area contributed by atoms with E-state index in [-0.39, 0.29) is 34.9 Å². The molecule has 4 aromatic rings. The van der Waals surface area contributed by atoms with Gasteiger partial charge in [0.25, 0.3) is 0 Å². The summed E-state index contributed by atoms with van der Waals surface area (Å²) < 4.78 is 66.6. The summed E-state index contributed by atoms with van der Waals surface area (Å²) >= 11 is 0. The molecule has 1 amide bonds. The molecule has 12 heteroatoms. The summed E-state index contributed by atoms with van der Waals surface area (Å²) in [6.07, 6.45) is -6.20. The number of pyridine rings is 1. The van der Waals surface area contributed by atoms with E-state index < -0.39 is 30.4 Å². The minimum absolute atomic E-state index is 0.0116. The van der Waals surface area contributed by atoms with Crippen molar-refractivity contribution in [3.63, 3.8) is 0 Å². The van der Waals surface area contributed by atoms with Gasteiger partial charge >= 0.3 is 12.1 Å². The Morgan fingerprint density at radius 1 is 1.00 bits per heavy atom. The van der Waals surface area contributed by atoms with Crippen LogP contribution in [0.5, 0.6) is 0 Å². The van der Waals surface area contributed by atoms with Gasteiger partial charge in [-0.15, -0.1) is 0 Å². The molecule has 1 atom stereocenters. The lowest BCUT2D eigenvalue weighted by Crippen LogP contribution is -2.36. The summed E-state index contributed by atoms with van der Waals surface area (Å²) in [7, 11) is 0. The van der Waals surface area contributed by atoms with Gasteiger partial charge < -0.3 is 11.1 Å². The van der Waals surface area contributed by atoms with Gasteiger partial charge in [0.1, 0.15) is 17.1 Å². The highest BCUT2D eigenvalue weighted by Gasteiger charge is 2.56. The quantitative estimate of drug-likeness (QED) is 0.384. The van der Waals surface area contributed by atoms with Crippen molar-refractivity contribution in [1.82, 2.24) is 19.4 Å². The van der Waals surface area contributed by atoms with E-state index in [1.54, 1.807) is 55.6 Å². The van der Waals surface area contributed by atoms with E-state index in [4.69, 9.17) is 5.73 Å². The number of aryl methyl sites for hydroxylation is 1. The summed E-state index contributed by atoms with van der Waals surface area (Å²) in [5, 5.41) is 2.72. The second-order valence-electron chi connectivity index (χ2n) is 8.64. The molecule has 0 saturated heterocycles. The van der Waals surface area contributed by atoms with Crippen LogP contribution < -0.4 is 11.1 Å². The molecular weight excluding hydrogens is 483 g/mol. The van der Waals surface area contributed by atoms with Gasteiger partial charge in [-0.25, -0.2) is 15.0 Å². The number of carbonyl (C=O) groups is 1. The number of anilines is 2. The molecule has 0 bridgehead atoms. The van der Waals surface area contributed by atoms with Crippen LogP contribution in [0.4, 0.5) is 33.6 Å². The van der Waals surface area contributed by atoms with Crippen LogP contribution in [0, 0.1) is 0 Å². The SMILES string of the molecule is CC1(c2ccccc2)C(=O)Nc2nc(-c3nc(CCC(F)(F)C(F)(F)F)c4ccccn34)nc(N)c21. The molecule has 7 nitrogen and oxygen atoms in total. The van der Waals surface area contributed by atoms with Crippen LogP contribution in [0.1, 0.15) is 30.2 Å². The van der Waals surface area contributed by atoms with E-state index >= 15 is 0 Å². The van der Waals surface area contributed by atoms with Crippen LogP contribution in [0.2, 0.25) is 0 Å². The molecule has 36 heavy (non-hydrogen) atoms. The number of rotatable bonds is 5. The van der Waals surface area contributed by atoms with Gasteiger partial charge in [0.15, 0.2) is 11.6 Å². The Kier molecular flexibility index (Phi) is 5.23. The molecule has 0 radical (unpaired) electrons. The van der Waals surface area contributed by atoms with E-state index in [0.717, 1.165) is 0 Å². The van der Waals surface area contributed by atoms with Crippen LogP contribution in [0.25, 0.3) is 17.2 Å². The third kappa shape index (κ3) is 3.55. The fourth-order valence-corrected chi connectivity index (χ4v) is 4.42. The van der Waals surface area contributed by atoms with Gasteiger partial charge in [0, 0.05) is 12.6 Å². The fraction of sp³-hybridized carbons (Fsp3) is 0.250. The first-order valence-electron chi connectivity index (χ1n) is 10.9. The second-order valence-corrected chi connectivity index (χ2v) is 8.64. The van der Waals surface area contributed by atoms with Crippen molar-refractivity contribution >= 4 is 23.1 Å². The smallest absolute Gasteiger partial charge is 0.383 e. The molecular formula is C24H19F5N6O. The number of carbonyl (C=O) groups excluding carboxylic acids is 1. The summed E-state index contributed by atoms with van der Waals surface area (Å²) in [4.78, 5) is 26.1. The number of nitrogens with one attached hydrogen (secondary N) is 1. The Morgan fingerprint density at radius 3 is 2.39 bits per heavy atom. The number of amides is 1. The van der Waals surface area contributed by atoms with Crippen molar-refractivity contribution in [1.29, 1.82) is 0 Å². The number of benzene rings is 1. The number of hydrogen-bond acceptors (Lipinski definition) is 5. The lowest BCUT2D eigenvalue weighted by molar-refractivity contribution is -0.284. The van der Waals surface area contributed by atoms with E-state index in [2.05, 4.69) is 20.3 Å². The van der Waals surface area contributed by atoms with Gasteiger partial charge in [0.2, 0.25) is 5.91 Å².